The highest BCUT2D eigenvalue weighted by Gasteiger charge is 2.23. The molecule has 1 aromatic heterocycles. The van der Waals surface area contributed by atoms with E-state index in [2.05, 4.69) is 21.7 Å². The summed E-state index contributed by atoms with van der Waals surface area (Å²) in [6.07, 6.45) is 1.01. The van der Waals surface area contributed by atoms with Gasteiger partial charge in [0.15, 0.2) is 5.78 Å². The van der Waals surface area contributed by atoms with Crippen molar-refractivity contribution < 1.29 is 9.59 Å². The van der Waals surface area contributed by atoms with Crippen molar-refractivity contribution in [3.63, 3.8) is 0 Å². The van der Waals surface area contributed by atoms with Gasteiger partial charge in [0.1, 0.15) is 0 Å². The second-order valence-corrected chi connectivity index (χ2v) is 6.73. The van der Waals surface area contributed by atoms with Crippen molar-refractivity contribution in [2.75, 3.05) is 13.1 Å². The molecule has 1 aromatic rings. The summed E-state index contributed by atoms with van der Waals surface area (Å²) in [4.78, 5) is 27.2. The van der Waals surface area contributed by atoms with Crippen LogP contribution in [0.5, 0.6) is 0 Å². The Labute approximate surface area is 124 Å². The Morgan fingerprint density at radius 2 is 2.20 bits per heavy atom. The first-order valence-corrected chi connectivity index (χ1v) is 7.92. The molecule has 2 rings (SSSR count). The maximum atomic E-state index is 12.1. The lowest BCUT2D eigenvalue weighted by molar-refractivity contribution is -0.128. The molecule has 0 aromatic carbocycles. The van der Waals surface area contributed by atoms with Crippen LogP contribution in [0, 0.1) is 5.92 Å². The molecule has 0 bridgehead atoms. The van der Waals surface area contributed by atoms with Crippen molar-refractivity contribution in [3.05, 3.63) is 21.9 Å². The zero-order valence-corrected chi connectivity index (χ0v) is 13.1. The van der Waals surface area contributed by atoms with Crippen molar-refractivity contribution in [1.82, 2.24) is 10.2 Å². The summed E-state index contributed by atoms with van der Waals surface area (Å²) in [5.41, 5.74) is 1.33. The molecule has 1 aliphatic rings. The van der Waals surface area contributed by atoms with Crippen LogP contribution in [-0.2, 0) is 22.6 Å². The Morgan fingerprint density at radius 3 is 2.85 bits per heavy atom. The molecule has 1 amide bonds. The number of ketones is 1. The van der Waals surface area contributed by atoms with E-state index < -0.39 is 0 Å². The van der Waals surface area contributed by atoms with Crippen LogP contribution < -0.4 is 5.32 Å². The molecule has 1 unspecified atom stereocenters. The van der Waals surface area contributed by atoms with Crippen LogP contribution in [0.2, 0.25) is 0 Å². The van der Waals surface area contributed by atoms with Crippen LogP contribution in [-0.4, -0.2) is 35.7 Å². The Hall–Kier alpha value is -1.20. The van der Waals surface area contributed by atoms with Crippen molar-refractivity contribution in [2.45, 2.75) is 39.8 Å². The van der Waals surface area contributed by atoms with Gasteiger partial charge in [-0.1, -0.05) is 13.8 Å². The highest BCUT2D eigenvalue weighted by Crippen LogP contribution is 2.23. The summed E-state index contributed by atoms with van der Waals surface area (Å²) < 4.78 is 0. The third-order valence-corrected chi connectivity index (χ3v) is 4.70. The van der Waals surface area contributed by atoms with Gasteiger partial charge >= 0.3 is 0 Å². The van der Waals surface area contributed by atoms with Crippen molar-refractivity contribution >= 4 is 23.0 Å². The number of rotatable bonds is 5. The molecule has 20 heavy (non-hydrogen) atoms. The van der Waals surface area contributed by atoms with Gasteiger partial charge in [-0.15, -0.1) is 11.3 Å². The summed E-state index contributed by atoms with van der Waals surface area (Å²) in [5.74, 6) is 0.0889. The number of thiophene rings is 1. The molecule has 110 valence electrons. The highest BCUT2D eigenvalue weighted by atomic mass is 32.1. The molecule has 2 heterocycles. The third kappa shape index (κ3) is 3.67. The van der Waals surface area contributed by atoms with Gasteiger partial charge in [0.05, 0.1) is 12.6 Å². The number of hydrogen-bond donors (Lipinski definition) is 1. The lowest BCUT2D eigenvalue weighted by Crippen LogP contribution is -2.48. The monoisotopic (exact) mass is 294 g/mol. The minimum Gasteiger partial charge on any atom is -0.345 e. The van der Waals surface area contributed by atoms with Gasteiger partial charge in [0, 0.05) is 18.0 Å². The molecule has 0 radical (unpaired) electrons. The van der Waals surface area contributed by atoms with Crippen LogP contribution in [0.3, 0.4) is 0 Å². The number of nitrogens with one attached hydrogen (secondary N) is 1. The zero-order valence-electron chi connectivity index (χ0n) is 12.3. The summed E-state index contributed by atoms with van der Waals surface area (Å²) in [6.45, 7) is 7.54. The first-order chi connectivity index (χ1) is 9.47. The Balaban J connectivity index is 1.88. The average molecular weight is 294 g/mol. The maximum absolute atomic E-state index is 12.1. The Morgan fingerprint density at radius 1 is 1.45 bits per heavy atom. The third-order valence-electron chi connectivity index (χ3n) is 3.68. The fraction of sp³-hybridized carbons (Fsp3) is 0.600. The lowest BCUT2D eigenvalue weighted by atomic mass is 10.0. The summed E-state index contributed by atoms with van der Waals surface area (Å²) >= 11 is 1.79. The Bertz CT molecular complexity index is 496. The van der Waals surface area contributed by atoms with Gasteiger partial charge in [-0.05, 0) is 36.3 Å². The van der Waals surface area contributed by atoms with Gasteiger partial charge < -0.3 is 5.32 Å². The molecule has 0 spiro atoms. The predicted molar refractivity (Wildman–Crippen MR) is 80.7 cm³/mol. The molecule has 0 aliphatic carbocycles. The first-order valence-electron chi connectivity index (χ1n) is 7.04. The van der Waals surface area contributed by atoms with Crippen LogP contribution in [0.4, 0.5) is 0 Å². The highest BCUT2D eigenvalue weighted by molar-refractivity contribution is 7.10. The minimum atomic E-state index is -0.371. The fourth-order valence-electron chi connectivity index (χ4n) is 2.60. The van der Waals surface area contributed by atoms with E-state index in [1.54, 1.807) is 11.3 Å². The first kappa shape index (κ1) is 15.2. The quantitative estimate of drug-likeness (QED) is 0.901. The van der Waals surface area contributed by atoms with Crippen LogP contribution in [0.15, 0.2) is 11.4 Å². The number of amides is 1. The second kappa shape index (κ2) is 6.50. The van der Waals surface area contributed by atoms with E-state index in [4.69, 9.17) is 0 Å². The molecular weight excluding hydrogens is 272 g/mol. The lowest BCUT2D eigenvalue weighted by Gasteiger charge is -2.27. The average Bonchev–Trinajstić information content (AvgIpc) is 2.82. The number of fused-ring (bicyclic) bond motifs is 1. The Kier molecular flexibility index (Phi) is 4.94. The van der Waals surface area contributed by atoms with Crippen LogP contribution in [0.25, 0.3) is 0 Å². The zero-order chi connectivity index (χ0) is 14.7. The smallest absolute Gasteiger partial charge is 0.234 e. The largest absolute Gasteiger partial charge is 0.345 e. The van der Waals surface area contributed by atoms with Gasteiger partial charge in [0.2, 0.25) is 5.91 Å². The SMILES string of the molecule is CC(=O)C(NC(=O)CN1CCc2sccc2C1)C(C)C. The molecular formula is C15H22N2O2S. The topological polar surface area (TPSA) is 49.4 Å². The fourth-order valence-corrected chi connectivity index (χ4v) is 3.49. The number of carbonyl (C=O) groups is 2. The van der Waals surface area contributed by atoms with Crippen molar-refractivity contribution in [1.29, 1.82) is 0 Å². The van der Waals surface area contributed by atoms with E-state index in [0.717, 1.165) is 19.5 Å². The molecule has 1 N–H and O–H groups in total. The van der Waals surface area contributed by atoms with E-state index in [1.807, 2.05) is 13.8 Å². The van der Waals surface area contributed by atoms with Gasteiger partial charge in [-0.2, -0.15) is 0 Å². The number of Topliss-reactive ketones (excluding diaryl/α,β-unsaturated/α-hetero) is 1. The normalized spacial score (nSPS) is 16.8. The molecule has 4 nitrogen and oxygen atoms in total. The predicted octanol–water partition coefficient (Wildman–Crippen LogP) is 1.84. The van der Waals surface area contributed by atoms with Crippen LogP contribution in [0.1, 0.15) is 31.2 Å². The maximum Gasteiger partial charge on any atom is 0.234 e. The number of hydrogen-bond acceptors (Lipinski definition) is 4. The minimum absolute atomic E-state index is 0.0205. The second-order valence-electron chi connectivity index (χ2n) is 5.73. The standard InChI is InChI=1S/C15H22N2O2S/c1-10(2)15(11(3)18)16-14(19)9-17-6-4-13-12(8-17)5-7-20-13/h5,7,10,15H,4,6,8-9H2,1-3H3,(H,16,19). The molecule has 1 atom stereocenters. The van der Waals surface area contributed by atoms with Crippen molar-refractivity contribution in [3.8, 4) is 0 Å². The van der Waals surface area contributed by atoms with Gasteiger partial charge in [-0.3, -0.25) is 14.5 Å². The molecule has 0 fully saturated rings. The molecule has 0 saturated carbocycles. The molecule has 1 aliphatic heterocycles. The van der Waals surface area contributed by atoms with E-state index in [-0.39, 0.29) is 23.7 Å². The molecule has 5 heteroatoms. The van der Waals surface area contributed by atoms with Crippen molar-refractivity contribution in [2.24, 2.45) is 5.92 Å². The number of nitrogens with zero attached hydrogens (tertiary/aromatic N) is 1. The van der Waals surface area contributed by atoms with E-state index in [1.165, 1.54) is 17.4 Å². The summed E-state index contributed by atoms with van der Waals surface area (Å²) in [6, 6.07) is 1.76. The van der Waals surface area contributed by atoms with Gasteiger partial charge in [-0.25, -0.2) is 0 Å². The van der Waals surface area contributed by atoms with E-state index in [9.17, 15) is 9.59 Å². The summed E-state index contributed by atoms with van der Waals surface area (Å²) in [7, 11) is 0. The number of carbonyl (C=O) groups excluding carboxylic acids is 2. The van der Waals surface area contributed by atoms with Gasteiger partial charge in [0.25, 0.3) is 0 Å². The van der Waals surface area contributed by atoms with E-state index in [0.29, 0.717) is 6.54 Å². The molecule has 0 saturated heterocycles. The van der Waals surface area contributed by atoms with Crippen LogP contribution >= 0.6 is 11.3 Å². The van der Waals surface area contributed by atoms with E-state index >= 15 is 0 Å². The summed E-state index contributed by atoms with van der Waals surface area (Å²) in [5, 5.41) is 4.96.